The minimum atomic E-state index is -0.455. The second-order valence-corrected chi connectivity index (χ2v) is 7.44. The van der Waals surface area contributed by atoms with Crippen LogP contribution in [0.1, 0.15) is 16.7 Å². The molecule has 0 bridgehead atoms. The van der Waals surface area contributed by atoms with Gasteiger partial charge in [0.15, 0.2) is 5.70 Å². The summed E-state index contributed by atoms with van der Waals surface area (Å²) in [5.74, 6) is 0.596. The Labute approximate surface area is 176 Å². The molecule has 0 atom stereocenters. The lowest BCUT2D eigenvalue weighted by Gasteiger charge is -2.07. The van der Waals surface area contributed by atoms with Gasteiger partial charge in [-0.15, -0.1) is 0 Å². The van der Waals surface area contributed by atoms with Crippen molar-refractivity contribution in [3.05, 3.63) is 105 Å². The standard InChI is InChI=1S/C23H16INO3/c24-19-11-9-16(10-12-19)15-27-20-8-4-5-17(13-20)14-21-23(26)28-22(25-21)18-6-2-1-3-7-18/h1-14H,15H2/b21-14-. The van der Waals surface area contributed by atoms with Gasteiger partial charge in [-0.2, -0.15) is 0 Å². The van der Waals surface area contributed by atoms with Gasteiger partial charge in [-0.05, 0) is 76.2 Å². The summed E-state index contributed by atoms with van der Waals surface area (Å²) in [6.45, 7) is 0.481. The number of ether oxygens (including phenoxy) is 2. The van der Waals surface area contributed by atoms with Crippen LogP contribution in [-0.4, -0.2) is 11.9 Å². The number of benzene rings is 3. The largest absolute Gasteiger partial charge is 0.489 e. The van der Waals surface area contributed by atoms with Crippen molar-refractivity contribution >= 4 is 40.5 Å². The normalized spacial score (nSPS) is 14.7. The summed E-state index contributed by atoms with van der Waals surface area (Å²) in [5.41, 5.74) is 2.97. The summed E-state index contributed by atoms with van der Waals surface area (Å²) >= 11 is 2.28. The molecular formula is C23H16INO3. The number of carbonyl (C=O) groups is 1. The zero-order valence-electron chi connectivity index (χ0n) is 14.8. The maximum Gasteiger partial charge on any atom is 0.363 e. The maximum atomic E-state index is 12.1. The third-order valence-electron chi connectivity index (χ3n) is 4.12. The fourth-order valence-electron chi connectivity index (χ4n) is 2.71. The Kier molecular flexibility index (Phi) is 5.53. The van der Waals surface area contributed by atoms with Crippen LogP contribution in [0.25, 0.3) is 6.08 Å². The first kappa shape index (κ1) is 18.4. The van der Waals surface area contributed by atoms with Crippen molar-refractivity contribution in [2.75, 3.05) is 0 Å². The van der Waals surface area contributed by atoms with Crippen LogP contribution in [0.4, 0.5) is 0 Å². The molecule has 0 saturated heterocycles. The van der Waals surface area contributed by atoms with Crippen LogP contribution in [0.2, 0.25) is 0 Å². The van der Waals surface area contributed by atoms with Crippen molar-refractivity contribution in [3.8, 4) is 5.75 Å². The molecule has 1 aliphatic rings. The first-order valence-electron chi connectivity index (χ1n) is 8.73. The average molecular weight is 481 g/mol. The van der Waals surface area contributed by atoms with E-state index in [2.05, 4.69) is 27.6 Å². The first-order valence-corrected chi connectivity index (χ1v) is 9.80. The van der Waals surface area contributed by atoms with Crippen LogP contribution < -0.4 is 4.74 Å². The van der Waals surface area contributed by atoms with Gasteiger partial charge in [-0.1, -0.05) is 42.5 Å². The second kappa shape index (κ2) is 8.39. The highest BCUT2D eigenvalue weighted by Crippen LogP contribution is 2.22. The Morgan fingerprint density at radius 2 is 1.75 bits per heavy atom. The molecule has 5 heteroatoms. The number of rotatable bonds is 5. The summed E-state index contributed by atoms with van der Waals surface area (Å²) < 4.78 is 12.3. The van der Waals surface area contributed by atoms with E-state index in [1.165, 1.54) is 3.57 Å². The third-order valence-corrected chi connectivity index (χ3v) is 4.84. The molecule has 4 rings (SSSR count). The van der Waals surface area contributed by atoms with Crippen LogP contribution in [0.15, 0.2) is 89.6 Å². The van der Waals surface area contributed by atoms with Gasteiger partial charge in [0.2, 0.25) is 5.90 Å². The lowest BCUT2D eigenvalue weighted by atomic mass is 10.2. The Bertz CT molecular complexity index is 1060. The number of hydrogen-bond donors (Lipinski definition) is 0. The number of esters is 1. The molecule has 0 saturated carbocycles. The van der Waals surface area contributed by atoms with Gasteiger partial charge in [0, 0.05) is 9.13 Å². The number of aliphatic imine (C=N–C) groups is 1. The fourth-order valence-corrected chi connectivity index (χ4v) is 3.07. The molecule has 0 aromatic heterocycles. The van der Waals surface area contributed by atoms with Gasteiger partial charge in [0.1, 0.15) is 12.4 Å². The van der Waals surface area contributed by atoms with Crippen molar-refractivity contribution in [1.82, 2.24) is 0 Å². The van der Waals surface area contributed by atoms with Crippen molar-refractivity contribution in [1.29, 1.82) is 0 Å². The van der Waals surface area contributed by atoms with E-state index in [0.29, 0.717) is 12.5 Å². The van der Waals surface area contributed by atoms with Crippen LogP contribution >= 0.6 is 22.6 Å². The second-order valence-electron chi connectivity index (χ2n) is 6.19. The highest BCUT2D eigenvalue weighted by Gasteiger charge is 2.23. The highest BCUT2D eigenvalue weighted by atomic mass is 127. The Morgan fingerprint density at radius 3 is 2.54 bits per heavy atom. The lowest BCUT2D eigenvalue weighted by Crippen LogP contribution is -2.04. The van der Waals surface area contributed by atoms with E-state index in [0.717, 1.165) is 22.4 Å². The van der Waals surface area contributed by atoms with E-state index in [1.807, 2.05) is 78.9 Å². The number of hydrogen-bond acceptors (Lipinski definition) is 4. The number of nitrogens with zero attached hydrogens (tertiary/aromatic N) is 1. The predicted molar refractivity (Wildman–Crippen MR) is 117 cm³/mol. The predicted octanol–water partition coefficient (Wildman–Crippen LogP) is 5.21. The van der Waals surface area contributed by atoms with E-state index in [4.69, 9.17) is 9.47 Å². The number of halogens is 1. The molecule has 0 aliphatic carbocycles. The topological polar surface area (TPSA) is 47.9 Å². The van der Waals surface area contributed by atoms with Gasteiger partial charge in [-0.3, -0.25) is 0 Å². The molecule has 0 radical (unpaired) electrons. The van der Waals surface area contributed by atoms with Crippen LogP contribution in [-0.2, 0) is 16.1 Å². The minimum Gasteiger partial charge on any atom is -0.489 e. The molecule has 0 unspecified atom stereocenters. The summed E-state index contributed by atoms with van der Waals surface area (Å²) in [6, 6.07) is 25.1. The first-order chi connectivity index (χ1) is 13.7. The zero-order valence-corrected chi connectivity index (χ0v) is 17.0. The lowest BCUT2D eigenvalue weighted by molar-refractivity contribution is -0.129. The Balaban J connectivity index is 1.50. The van der Waals surface area contributed by atoms with Gasteiger partial charge >= 0.3 is 5.97 Å². The summed E-state index contributed by atoms with van der Waals surface area (Å²) in [7, 11) is 0. The number of cyclic esters (lactones) is 1. The highest BCUT2D eigenvalue weighted by molar-refractivity contribution is 14.1. The quantitative estimate of drug-likeness (QED) is 0.286. The van der Waals surface area contributed by atoms with Gasteiger partial charge in [0.25, 0.3) is 0 Å². The van der Waals surface area contributed by atoms with E-state index in [-0.39, 0.29) is 5.70 Å². The van der Waals surface area contributed by atoms with Crippen molar-refractivity contribution in [2.45, 2.75) is 6.61 Å². The molecule has 4 nitrogen and oxygen atoms in total. The number of carbonyl (C=O) groups excluding carboxylic acids is 1. The summed E-state index contributed by atoms with van der Waals surface area (Å²) in [6.07, 6.45) is 1.70. The van der Waals surface area contributed by atoms with E-state index >= 15 is 0 Å². The van der Waals surface area contributed by atoms with E-state index < -0.39 is 5.97 Å². The Hall–Kier alpha value is -2.93. The summed E-state index contributed by atoms with van der Waals surface area (Å²) in [5, 5.41) is 0. The van der Waals surface area contributed by atoms with Crippen LogP contribution in [0.3, 0.4) is 0 Å². The third kappa shape index (κ3) is 4.48. The zero-order chi connectivity index (χ0) is 19.3. The van der Waals surface area contributed by atoms with Crippen LogP contribution in [0.5, 0.6) is 5.75 Å². The van der Waals surface area contributed by atoms with Gasteiger partial charge in [0.05, 0.1) is 0 Å². The van der Waals surface area contributed by atoms with Crippen molar-refractivity contribution in [2.24, 2.45) is 4.99 Å². The van der Waals surface area contributed by atoms with Crippen LogP contribution in [0, 0.1) is 3.57 Å². The van der Waals surface area contributed by atoms with E-state index in [9.17, 15) is 4.79 Å². The molecule has 3 aromatic rings. The fraction of sp³-hybridized carbons (Fsp3) is 0.0435. The SMILES string of the molecule is O=C1OC(c2ccccc2)=N/C1=C\c1cccc(OCc2ccc(I)cc2)c1. The van der Waals surface area contributed by atoms with E-state index in [1.54, 1.807) is 6.08 Å². The Morgan fingerprint density at radius 1 is 0.964 bits per heavy atom. The smallest absolute Gasteiger partial charge is 0.363 e. The molecule has 138 valence electrons. The minimum absolute atomic E-state index is 0.272. The van der Waals surface area contributed by atoms with Crippen molar-refractivity contribution in [3.63, 3.8) is 0 Å². The average Bonchev–Trinajstić information content (AvgIpc) is 3.09. The molecule has 28 heavy (non-hydrogen) atoms. The molecule has 0 spiro atoms. The van der Waals surface area contributed by atoms with Gasteiger partial charge < -0.3 is 9.47 Å². The molecule has 1 heterocycles. The molecular weight excluding hydrogens is 465 g/mol. The molecule has 0 amide bonds. The molecule has 1 aliphatic heterocycles. The summed E-state index contributed by atoms with van der Waals surface area (Å²) in [4.78, 5) is 16.5. The molecule has 0 fully saturated rings. The monoisotopic (exact) mass is 481 g/mol. The molecule has 0 N–H and O–H groups in total. The maximum absolute atomic E-state index is 12.1. The van der Waals surface area contributed by atoms with Gasteiger partial charge in [-0.25, -0.2) is 9.79 Å². The molecule has 3 aromatic carbocycles. The van der Waals surface area contributed by atoms with Crippen molar-refractivity contribution < 1.29 is 14.3 Å².